The zero-order valence-electron chi connectivity index (χ0n) is 9.86. The van der Waals surface area contributed by atoms with Gasteiger partial charge in [-0.2, -0.15) is 0 Å². The molecule has 0 amide bonds. The number of nitrogens with one attached hydrogen (secondary N) is 1. The van der Waals surface area contributed by atoms with E-state index in [0.717, 1.165) is 12.8 Å². The molecule has 1 aromatic rings. The van der Waals surface area contributed by atoms with Gasteiger partial charge in [0.05, 0.1) is 4.92 Å². The van der Waals surface area contributed by atoms with Crippen LogP contribution in [0.3, 0.4) is 0 Å². The lowest BCUT2D eigenvalue weighted by Crippen LogP contribution is -2.30. The quantitative estimate of drug-likeness (QED) is 0.615. The Morgan fingerprint density at radius 1 is 1.56 bits per heavy atom. The minimum absolute atomic E-state index is 0.0201. The summed E-state index contributed by atoms with van der Waals surface area (Å²) in [6.07, 6.45) is 4.80. The predicted molar refractivity (Wildman–Crippen MR) is 63.5 cm³/mol. The lowest BCUT2D eigenvalue weighted by Gasteiger charge is -2.26. The van der Waals surface area contributed by atoms with Gasteiger partial charge in [-0.05, 0) is 26.3 Å². The van der Waals surface area contributed by atoms with E-state index in [2.05, 4.69) is 17.2 Å². The smallest absolute Gasteiger partial charge is 0.310 e. The summed E-state index contributed by atoms with van der Waals surface area (Å²) >= 11 is 0. The van der Waals surface area contributed by atoms with E-state index in [-0.39, 0.29) is 11.2 Å². The summed E-state index contributed by atoms with van der Waals surface area (Å²) in [5.74, 6) is 0. The highest BCUT2D eigenvalue weighted by atomic mass is 16.6. The largest absolute Gasteiger partial charge is 0.375 e. The van der Waals surface area contributed by atoms with Crippen LogP contribution in [0, 0.1) is 10.1 Å². The molecule has 0 bridgehead atoms. The normalized spacial score (nSPS) is 11.2. The van der Waals surface area contributed by atoms with Gasteiger partial charge in [0.15, 0.2) is 0 Å². The second-order valence-corrected chi connectivity index (χ2v) is 4.41. The fraction of sp³-hybridized carbons (Fsp3) is 0.545. The number of nitro groups is 1. The molecule has 16 heavy (non-hydrogen) atoms. The predicted octanol–water partition coefficient (Wildman–Crippen LogP) is 2.98. The first-order valence-electron chi connectivity index (χ1n) is 5.33. The van der Waals surface area contributed by atoms with Crippen LogP contribution in [0.25, 0.3) is 0 Å². The molecule has 0 saturated heterocycles. The number of pyridine rings is 1. The molecule has 0 aliphatic carbocycles. The standard InChI is InChI=1S/C11H17N3O2/c1-4-6-11(2,3)13-9-5-7-12-8-10(9)14(15)16/h5,7-8H,4,6H2,1-3H3,(H,12,13). The highest BCUT2D eigenvalue weighted by Gasteiger charge is 2.21. The van der Waals surface area contributed by atoms with Gasteiger partial charge in [0, 0.05) is 11.7 Å². The zero-order chi connectivity index (χ0) is 12.2. The second kappa shape index (κ2) is 4.92. The molecule has 1 heterocycles. The summed E-state index contributed by atoms with van der Waals surface area (Å²) in [6.45, 7) is 6.14. The number of rotatable bonds is 5. The number of anilines is 1. The van der Waals surface area contributed by atoms with Crippen molar-refractivity contribution in [1.29, 1.82) is 0 Å². The van der Waals surface area contributed by atoms with E-state index < -0.39 is 4.92 Å². The molecule has 0 fully saturated rings. The van der Waals surface area contributed by atoms with Crippen LogP contribution < -0.4 is 5.32 Å². The molecule has 0 radical (unpaired) electrons. The van der Waals surface area contributed by atoms with Crippen LogP contribution in [0.2, 0.25) is 0 Å². The molecule has 0 aliphatic heterocycles. The molecular formula is C11H17N3O2. The van der Waals surface area contributed by atoms with Crippen molar-refractivity contribution in [3.8, 4) is 0 Å². The summed E-state index contributed by atoms with van der Waals surface area (Å²) in [5, 5.41) is 14.0. The Kier molecular flexibility index (Phi) is 3.82. The molecule has 0 spiro atoms. The lowest BCUT2D eigenvalue weighted by molar-refractivity contribution is -0.384. The third kappa shape index (κ3) is 3.18. The van der Waals surface area contributed by atoms with Crippen molar-refractivity contribution in [2.45, 2.75) is 39.2 Å². The molecule has 0 aliphatic rings. The highest BCUT2D eigenvalue weighted by Crippen LogP contribution is 2.27. The summed E-state index contributed by atoms with van der Waals surface area (Å²) in [6, 6.07) is 1.63. The van der Waals surface area contributed by atoms with Gasteiger partial charge in [-0.3, -0.25) is 15.1 Å². The first kappa shape index (κ1) is 12.4. The number of hydrogen-bond acceptors (Lipinski definition) is 4. The van der Waals surface area contributed by atoms with Gasteiger partial charge in [0.2, 0.25) is 0 Å². The van der Waals surface area contributed by atoms with Crippen LogP contribution in [0.1, 0.15) is 33.6 Å². The third-order valence-corrected chi connectivity index (χ3v) is 2.34. The molecule has 1 N–H and O–H groups in total. The molecule has 88 valence electrons. The Labute approximate surface area is 95.0 Å². The molecule has 0 atom stereocenters. The van der Waals surface area contributed by atoms with Gasteiger partial charge in [-0.1, -0.05) is 13.3 Å². The van der Waals surface area contributed by atoms with E-state index in [4.69, 9.17) is 0 Å². The summed E-state index contributed by atoms with van der Waals surface area (Å²) in [4.78, 5) is 14.1. The van der Waals surface area contributed by atoms with Crippen molar-refractivity contribution in [3.05, 3.63) is 28.6 Å². The van der Waals surface area contributed by atoms with Crippen LogP contribution in [-0.4, -0.2) is 15.4 Å². The first-order chi connectivity index (χ1) is 7.46. The Morgan fingerprint density at radius 3 is 2.81 bits per heavy atom. The summed E-state index contributed by atoms with van der Waals surface area (Å²) < 4.78 is 0. The van der Waals surface area contributed by atoms with Crippen LogP contribution in [0.5, 0.6) is 0 Å². The van der Waals surface area contributed by atoms with E-state index in [1.54, 1.807) is 12.3 Å². The van der Waals surface area contributed by atoms with Crippen molar-refractivity contribution >= 4 is 11.4 Å². The summed E-state index contributed by atoms with van der Waals surface area (Å²) in [5.41, 5.74) is 0.394. The third-order valence-electron chi connectivity index (χ3n) is 2.34. The maximum absolute atomic E-state index is 10.8. The molecular weight excluding hydrogens is 206 g/mol. The van der Waals surface area contributed by atoms with Crippen molar-refractivity contribution in [1.82, 2.24) is 4.98 Å². The van der Waals surface area contributed by atoms with Gasteiger partial charge in [0.25, 0.3) is 0 Å². The van der Waals surface area contributed by atoms with E-state index in [1.807, 2.05) is 13.8 Å². The van der Waals surface area contributed by atoms with Crippen molar-refractivity contribution in [2.75, 3.05) is 5.32 Å². The van der Waals surface area contributed by atoms with E-state index >= 15 is 0 Å². The van der Waals surface area contributed by atoms with Gasteiger partial charge in [-0.15, -0.1) is 0 Å². The van der Waals surface area contributed by atoms with Crippen LogP contribution in [0.4, 0.5) is 11.4 Å². The maximum atomic E-state index is 10.8. The van der Waals surface area contributed by atoms with E-state index in [0.29, 0.717) is 5.69 Å². The van der Waals surface area contributed by atoms with Crippen molar-refractivity contribution < 1.29 is 4.92 Å². The number of aromatic nitrogens is 1. The minimum Gasteiger partial charge on any atom is -0.375 e. The van der Waals surface area contributed by atoms with Crippen molar-refractivity contribution in [3.63, 3.8) is 0 Å². The number of hydrogen-bond donors (Lipinski definition) is 1. The van der Waals surface area contributed by atoms with E-state index in [1.165, 1.54) is 6.20 Å². The van der Waals surface area contributed by atoms with Gasteiger partial charge in [0.1, 0.15) is 11.9 Å². The second-order valence-electron chi connectivity index (χ2n) is 4.41. The minimum atomic E-state index is -0.419. The van der Waals surface area contributed by atoms with Crippen LogP contribution in [0.15, 0.2) is 18.5 Å². The summed E-state index contributed by atoms with van der Waals surface area (Å²) in [7, 11) is 0. The maximum Gasteiger partial charge on any atom is 0.310 e. The molecule has 5 nitrogen and oxygen atoms in total. The Balaban J connectivity index is 2.92. The fourth-order valence-corrected chi connectivity index (χ4v) is 1.69. The first-order valence-corrected chi connectivity index (χ1v) is 5.33. The van der Waals surface area contributed by atoms with Crippen LogP contribution in [-0.2, 0) is 0 Å². The molecule has 1 rings (SSSR count). The van der Waals surface area contributed by atoms with Gasteiger partial charge >= 0.3 is 5.69 Å². The number of nitrogens with zero attached hydrogens (tertiary/aromatic N) is 2. The SMILES string of the molecule is CCCC(C)(C)Nc1ccncc1[N+](=O)[O-]. The Morgan fingerprint density at radius 2 is 2.25 bits per heavy atom. The van der Waals surface area contributed by atoms with E-state index in [9.17, 15) is 10.1 Å². The molecule has 0 aromatic carbocycles. The monoisotopic (exact) mass is 223 g/mol. The average Bonchev–Trinajstić information content (AvgIpc) is 2.17. The topological polar surface area (TPSA) is 68.1 Å². The Hall–Kier alpha value is -1.65. The molecule has 5 heteroatoms. The lowest BCUT2D eigenvalue weighted by atomic mass is 9.98. The van der Waals surface area contributed by atoms with Gasteiger partial charge < -0.3 is 5.32 Å². The van der Waals surface area contributed by atoms with Gasteiger partial charge in [-0.25, -0.2) is 0 Å². The Bertz CT molecular complexity index is 377. The molecule has 0 unspecified atom stereocenters. The van der Waals surface area contributed by atoms with Crippen LogP contribution >= 0.6 is 0 Å². The fourth-order valence-electron chi connectivity index (χ4n) is 1.69. The average molecular weight is 223 g/mol. The molecule has 0 saturated carbocycles. The van der Waals surface area contributed by atoms with Crippen molar-refractivity contribution in [2.24, 2.45) is 0 Å². The molecule has 1 aromatic heterocycles. The highest BCUT2D eigenvalue weighted by molar-refractivity contribution is 5.60. The zero-order valence-corrected chi connectivity index (χ0v) is 9.86.